The molecule has 0 aliphatic heterocycles. The van der Waals surface area contributed by atoms with Gasteiger partial charge in [-0.1, -0.05) is 43.0 Å². The molecular formula is C12H15Cl2NO2. The van der Waals surface area contributed by atoms with E-state index in [1.807, 2.05) is 0 Å². The number of amides is 1. The summed E-state index contributed by atoms with van der Waals surface area (Å²) in [6, 6.07) is 2.89. The molecule has 0 saturated carbocycles. The van der Waals surface area contributed by atoms with Crippen molar-refractivity contribution >= 4 is 34.8 Å². The fourth-order valence-electron chi connectivity index (χ4n) is 1.41. The number of anilines is 1. The van der Waals surface area contributed by atoms with Crippen molar-refractivity contribution in [2.45, 2.75) is 32.6 Å². The van der Waals surface area contributed by atoms with Crippen molar-refractivity contribution in [2.75, 3.05) is 5.32 Å². The lowest BCUT2D eigenvalue weighted by molar-refractivity contribution is -0.116. The van der Waals surface area contributed by atoms with Gasteiger partial charge in [0.15, 0.2) is 5.75 Å². The summed E-state index contributed by atoms with van der Waals surface area (Å²) >= 11 is 11.5. The van der Waals surface area contributed by atoms with E-state index < -0.39 is 0 Å². The maximum Gasteiger partial charge on any atom is 0.224 e. The van der Waals surface area contributed by atoms with Crippen molar-refractivity contribution in [2.24, 2.45) is 0 Å². The van der Waals surface area contributed by atoms with E-state index in [9.17, 15) is 9.90 Å². The first-order chi connectivity index (χ1) is 8.04. The number of rotatable bonds is 5. The van der Waals surface area contributed by atoms with E-state index in [1.54, 1.807) is 0 Å². The van der Waals surface area contributed by atoms with E-state index in [-0.39, 0.29) is 22.4 Å². The largest absolute Gasteiger partial charge is 0.504 e. The molecule has 0 atom stereocenters. The number of carbonyl (C=O) groups is 1. The number of phenols is 1. The average Bonchev–Trinajstić information content (AvgIpc) is 2.25. The fourth-order valence-corrected chi connectivity index (χ4v) is 1.90. The normalized spacial score (nSPS) is 10.3. The molecule has 1 aromatic carbocycles. The summed E-state index contributed by atoms with van der Waals surface area (Å²) in [6.45, 7) is 2.07. The molecule has 0 radical (unpaired) electrons. The van der Waals surface area contributed by atoms with Crippen LogP contribution in [0.1, 0.15) is 32.6 Å². The third kappa shape index (κ3) is 4.44. The number of phenolic OH excluding ortho intramolecular Hbond substituents is 1. The molecule has 1 aromatic rings. The van der Waals surface area contributed by atoms with Gasteiger partial charge in [0.25, 0.3) is 0 Å². The summed E-state index contributed by atoms with van der Waals surface area (Å²) in [7, 11) is 0. The molecule has 1 amide bonds. The molecular weight excluding hydrogens is 261 g/mol. The highest BCUT2D eigenvalue weighted by atomic mass is 35.5. The molecule has 94 valence electrons. The highest BCUT2D eigenvalue weighted by molar-refractivity contribution is 6.36. The number of benzene rings is 1. The van der Waals surface area contributed by atoms with E-state index in [0.717, 1.165) is 19.3 Å². The number of hydrogen-bond acceptors (Lipinski definition) is 2. The maximum atomic E-state index is 11.6. The Morgan fingerprint density at radius 2 is 2.06 bits per heavy atom. The van der Waals surface area contributed by atoms with Gasteiger partial charge in [0.1, 0.15) is 0 Å². The number of carbonyl (C=O) groups excluding carboxylic acids is 1. The predicted octanol–water partition coefficient (Wildman–Crippen LogP) is 4.22. The second-order valence-electron chi connectivity index (χ2n) is 3.79. The van der Waals surface area contributed by atoms with Crippen molar-refractivity contribution < 1.29 is 9.90 Å². The number of aromatic hydroxyl groups is 1. The zero-order valence-corrected chi connectivity index (χ0v) is 11.1. The quantitative estimate of drug-likeness (QED) is 0.625. The third-order valence-electron chi connectivity index (χ3n) is 2.31. The van der Waals surface area contributed by atoms with Crippen LogP contribution in [0.3, 0.4) is 0 Å². The summed E-state index contributed by atoms with van der Waals surface area (Å²) in [5.41, 5.74) is 0.254. The van der Waals surface area contributed by atoms with Crippen LogP contribution in [0.25, 0.3) is 0 Å². The highest BCUT2D eigenvalue weighted by Crippen LogP contribution is 2.35. The Kier molecular flexibility index (Phi) is 5.59. The first-order valence-electron chi connectivity index (χ1n) is 5.52. The molecule has 0 aromatic heterocycles. The van der Waals surface area contributed by atoms with Crippen LogP contribution in [0.2, 0.25) is 10.0 Å². The SMILES string of the molecule is CCCCCC(=O)Nc1cc(Cl)cc(Cl)c1O. The molecule has 17 heavy (non-hydrogen) atoms. The Bertz CT molecular complexity index is 408. The molecule has 5 heteroatoms. The summed E-state index contributed by atoms with van der Waals surface area (Å²) < 4.78 is 0. The summed E-state index contributed by atoms with van der Waals surface area (Å²) in [4.78, 5) is 11.6. The minimum Gasteiger partial charge on any atom is -0.504 e. The molecule has 0 saturated heterocycles. The fraction of sp³-hybridized carbons (Fsp3) is 0.417. The number of halogens is 2. The van der Waals surface area contributed by atoms with Gasteiger partial charge in [0, 0.05) is 11.4 Å². The van der Waals surface area contributed by atoms with Crippen LogP contribution >= 0.6 is 23.2 Å². The minimum absolute atomic E-state index is 0.126. The van der Waals surface area contributed by atoms with Gasteiger partial charge in [-0.15, -0.1) is 0 Å². The second-order valence-corrected chi connectivity index (χ2v) is 4.63. The molecule has 0 aliphatic carbocycles. The molecule has 3 nitrogen and oxygen atoms in total. The van der Waals surface area contributed by atoms with Crippen molar-refractivity contribution in [3.05, 3.63) is 22.2 Å². The lowest BCUT2D eigenvalue weighted by Crippen LogP contribution is -2.11. The van der Waals surface area contributed by atoms with Gasteiger partial charge in [0.05, 0.1) is 10.7 Å². The lowest BCUT2D eigenvalue weighted by atomic mass is 10.2. The summed E-state index contributed by atoms with van der Waals surface area (Å²) in [5.74, 6) is -0.299. The minimum atomic E-state index is -0.153. The van der Waals surface area contributed by atoms with E-state index >= 15 is 0 Å². The zero-order chi connectivity index (χ0) is 12.8. The van der Waals surface area contributed by atoms with Gasteiger partial charge in [-0.25, -0.2) is 0 Å². The summed E-state index contributed by atoms with van der Waals surface area (Å²) in [5, 5.41) is 12.7. The van der Waals surface area contributed by atoms with Gasteiger partial charge >= 0.3 is 0 Å². The number of nitrogens with one attached hydrogen (secondary N) is 1. The Morgan fingerprint density at radius 3 is 2.71 bits per heavy atom. The Hall–Kier alpha value is -0.930. The molecule has 2 N–H and O–H groups in total. The van der Waals surface area contributed by atoms with Gasteiger partial charge in [-0.3, -0.25) is 4.79 Å². The first kappa shape index (κ1) is 14.1. The van der Waals surface area contributed by atoms with Crippen molar-refractivity contribution in [3.8, 4) is 5.75 Å². The zero-order valence-electron chi connectivity index (χ0n) is 9.59. The van der Waals surface area contributed by atoms with Gasteiger partial charge < -0.3 is 10.4 Å². The van der Waals surface area contributed by atoms with Crippen molar-refractivity contribution in [1.29, 1.82) is 0 Å². The van der Waals surface area contributed by atoms with E-state index in [0.29, 0.717) is 11.4 Å². The van der Waals surface area contributed by atoms with Gasteiger partial charge in [-0.2, -0.15) is 0 Å². The van der Waals surface area contributed by atoms with Crippen LogP contribution < -0.4 is 5.32 Å². The van der Waals surface area contributed by atoms with Crippen LogP contribution in [-0.2, 0) is 4.79 Å². The highest BCUT2D eigenvalue weighted by Gasteiger charge is 2.10. The molecule has 0 aliphatic rings. The van der Waals surface area contributed by atoms with Crippen LogP contribution in [0.5, 0.6) is 5.75 Å². The van der Waals surface area contributed by atoms with Crippen LogP contribution in [0, 0.1) is 0 Å². The van der Waals surface area contributed by atoms with E-state index in [2.05, 4.69) is 12.2 Å². The molecule has 0 spiro atoms. The number of hydrogen-bond donors (Lipinski definition) is 2. The van der Waals surface area contributed by atoms with E-state index in [1.165, 1.54) is 12.1 Å². The molecule has 0 fully saturated rings. The maximum absolute atomic E-state index is 11.6. The van der Waals surface area contributed by atoms with Crippen LogP contribution in [0.4, 0.5) is 5.69 Å². The average molecular weight is 276 g/mol. The number of unbranched alkanes of at least 4 members (excludes halogenated alkanes) is 2. The molecule has 0 bridgehead atoms. The lowest BCUT2D eigenvalue weighted by Gasteiger charge is -2.09. The van der Waals surface area contributed by atoms with Crippen LogP contribution in [0.15, 0.2) is 12.1 Å². The van der Waals surface area contributed by atoms with Gasteiger partial charge in [0.2, 0.25) is 5.91 Å². The van der Waals surface area contributed by atoms with Gasteiger partial charge in [-0.05, 0) is 18.6 Å². The summed E-state index contributed by atoms with van der Waals surface area (Å²) in [6.07, 6.45) is 3.33. The predicted molar refractivity (Wildman–Crippen MR) is 70.9 cm³/mol. The van der Waals surface area contributed by atoms with Crippen molar-refractivity contribution in [1.82, 2.24) is 0 Å². The van der Waals surface area contributed by atoms with Crippen LogP contribution in [-0.4, -0.2) is 11.0 Å². The molecule has 1 rings (SSSR count). The second kappa shape index (κ2) is 6.72. The molecule has 0 unspecified atom stereocenters. The first-order valence-corrected chi connectivity index (χ1v) is 6.28. The van der Waals surface area contributed by atoms with Crippen molar-refractivity contribution in [3.63, 3.8) is 0 Å². The Labute approximate surface area is 111 Å². The Balaban J connectivity index is 2.65. The smallest absolute Gasteiger partial charge is 0.224 e. The topological polar surface area (TPSA) is 49.3 Å². The Morgan fingerprint density at radius 1 is 1.35 bits per heavy atom. The monoisotopic (exact) mass is 275 g/mol. The standard InChI is InChI=1S/C12H15Cl2NO2/c1-2-3-4-5-11(16)15-10-7-8(13)6-9(14)12(10)17/h6-7,17H,2-5H2,1H3,(H,15,16). The molecule has 0 heterocycles. The third-order valence-corrected chi connectivity index (χ3v) is 2.82. The van der Waals surface area contributed by atoms with E-state index in [4.69, 9.17) is 23.2 Å².